The molecule has 0 radical (unpaired) electrons. The van der Waals surface area contributed by atoms with Crippen molar-refractivity contribution in [2.24, 2.45) is 0 Å². The van der Waals surface area contributed by atoms with Crippen molar-refractivity contribution in [3.05, 3.63) is 41.6 Å². The van der Waals surface area contributed by atoms with Crippen molar-refractivity contribution < 1.29 is 40.2 Å². The van der Waals surface area contributed by atoms with Crippen molar-refractivity contribution in [2.75, 3.05) is 5.73 Å². The van der Waals surface area contributed by atoms with Crippen molar-refractivity contribution >= 4 is 5.82 Å². The number of rotatable bonds is 6. The lowest BCUT2D eigenvalue weighted by Gasteiger charge is -2.34. The minimum Gasteiger partial charge on any atom is -0.382 e. The van der Waals surface area contributed by atoms with Crippen LogP contribution in [0.5, 0.6) is 0 Å². The van der Waals surface area contributed by atoms with Crippen molar-refractivity contribution in [3.63, 3.8) is 0 Å². The number of nitrogen functional groups attached to an aromatic ring is 1. The van der Waals surface area contributed by atoms with Gasteiger partial charge in [0.25, 0.3) is 0 Å². The zero-order valence-corrected chi connectivity index (χ0v) is 13.5. The summed E-state index contributed by atoms with van der Waals surface area (Å²) < 4.78 is 106. The van der Waals surface area contributed by atoms with Crippen LogP contribution in [-0.2, 0) is 0 Å². The monoisotopic (exact) mass is 403 g/mol. The molecule has 0 saturated heterocycles. The van der Waals surface area contributed by atoms with E-state index in [9.17, 15) is 40.2 Å². The molecule has 0 fully saturated rings. The van der Waals surface area contributed by atoms with E-state index in [-0.39, 0.29) is 11.4 Å². The Kier molecular flexibility index (Phi) is 5.16. The van der Waals surface area contributed by atoms with Crippen LogP contribution in [0.15, 0.2) is 30.3 Å². The van der Waals surface area contributed by atoms with Crippen LogP contribution in [0.3, 0.4) is 0 Å². The van der Waals surface area contributed by atoms with Gasteiger partial charge < -0.3 is 10.8 Å². The van der Waals surface area contributed by atoms with Gasteiger partial charge in [0.15, 0.2) is 11.9 Å². The van der Waals surface area contributed by atoms with Crippen molar-refractivity contribution in [1.29, 1.82) is 0 Å². The molecule has 1 unspecified atom stereocenters. The summed E-state index contributed by atoms with van der Waals surface area (Å²) in [6.07, 6.45) is -8.70. The van der Waals surface area contributed by atoms with E-state index in [0.29, 0.717) is 0 Å². The average Bonchev–Trinajstić information content (AvgIpc) is 2.88. The zero-order valence-electron chi connectivity index (χ0n) is 13.5. The summed E-state index contributed by atoms with van der Waals surface area (Å²) in [6.45, 7) is 1.06. The summed E-state index contributed by atoms with van der Waals surface area (Å²) in [5.74, 6) is -19.8. The largest absolute Gasteiger partial charge is 0.382 e. The minimum absolute atomic E-state index is 0.244. The number of para-hydroxylation sites is 1. The first kappa shape index (κ1) is 20.9. The molecule has 1 atom stereocenters. The van der Waals surface area contributed by atoms with Crippen molar-refractivity contribution in [3.8, 4) is 5.69 Å². The summed E-state index contributed by atoms with van der Waals surface area (Å²) in [5.41, 5.74) is 4.19. The van der Waals surface area contributed by atoms with Gasteiger partial charge in [0, 0.05) is 5.69 Å². The number of aliphatic hydroxyl groups excluding tert-OH is 1. The number of alkyl halides is 8. The molecule has 1 aromatic carbocycles. The predicted molar refractivity (Wildman–Crippen MR) is 78.5 cm³/mol. The highest BCUT2D eigenvalue weighted by Crippen LogP contribution is 2.54. The Balaban J connectivity index is 2.54. The van der Waals surface area contributed by atoms with Crippen LogP contribution in [0, 0.1) is 6.92 Å². The highest BCUT2D eigenvalue weighted by Gasteiger charge is 2.77. The fourth-order valence-electron chi connectivity index (χ4n) is 2.41. The molecular weight excluding hydrogens is 390 g/mol. The molecule has 0 bridgehead atoms. The Labute approximate surface area is 147 Å². The number of aromatic nitrogens is 2. The minimum atomic E-state index is -6.57. The quantitative estimate of drug-likeness (QED) is 0.718. The molecule has 0 aliphatic heterocycles. The molecule has 0 spiro atoms. The van der Waals surface area contributed by atoms with Crippen molar-refractivity contribution in [1.82, 2.24) is 9.78 Å². The summed E-state index contributed by atoms with van der Waals surface area (Å²) in [7, 11) is 0. The smallest absolute Gasteiger partial charge is 0.380 e. The van der Waals surface area contributed by atoms with Gasteiger partial charge in [-0.25, -0.2) is 13.5 Å². The SMILES string of the molecule is Cc1c(C(O)C(F)(F)C(F)(F)C(F)(F)C(F)F)c(N)nn1-c1ccccc1. The average molecular weight is 403 g/mol. The fourth-order valence-corrected chi connectivity index (χ4v) is 2.41. The van der Waals surface area contributed by atoms with Crippen LogP contribution in [0.2, 0.25) is 0 Å². The van der Waals surface area contributed by atoms with Crippen LogP contribution in [0.25, 0.3) is 5.69 Å². The summed E-state index contributed by atoms with van der Waals surface area (Å²) in [4.78, 5) is 0. The second kappa shape index (κ2) is 6.66. The van der Waals surface area contributed by atoms with E-state index in [1.54, 1.807) is 6.07 Å². The third-order valence-electron chi connectivity index (χ3n) is 3.92. The zero-order chi connectivity index (χ0) is 20.8. The van der Waals surface area contributed by atoms with Crippen LogP contribution < -0.4 is 5.73 Å². The maximum absolute atomic E-state index is 14.0. The van der Waals surface area contributed by atoms with Crippen LogP contribution >= 0.6 is 0 Å². The van der Waals surface area contributed by atoms with Gasteiger partial charge in [-0.1, -0.05) is 18.2 Å². The summed E-state index contributed by atoms with van der Waals surface area (Å²) in [5, 5.41) is 13.3. The van der Waals surface area contributed by atoms with E-state index in [1.165, 1.54) is 24.3 Å². The molecule has 1 heterocycles. The lowest BCUT2D eigenvalue weighted by molar-refractivity contribution is -0.357. The van der Waals surface area contributed by atoms with Gasteiger partial charge in [-0.2, -0.15) is 31.4 Å². The molecule has 0 aliphatic rings. The van der Waals surface area contributed by atoms with E-state index in [0.717, 1.165) is 11.6 Å². The molecule has 4 nitrogen and oxygen atoms in total. The molecular formula is C15H13F8N3O. The number of anilines is 1. The number of hydrogen-bond donors (Lipinski definition) is 2. The number of halogens is 8. The van der Waals surface area contributed by atoms with E-state index in [1.807, 2.05) is 0 Å². The van der Waals surface area contributed by atoms with E-state index in [4.69, 9.17) is 5.73 Å². The van der Waals surface area contributed by atoms with Gasteiger partial charge in [-0.05, 0) is 19.1 Å². The number of benzene rings is 1. The maximum Gasteiger partial charge on any atom is 0.380 e. The van der Waals surface area contributed by atoms with Crippen molar-refractivity contribution in [2.45, 2.75) is 37.2 Å². The van der Waals surface area contributed by atoms with Gasteiger partial charge in [0.2, 0.25) is 0 Å². The molecule has 2 rings (SSSR count). The van der Waals surface area contributed by atoms with E-state index < -0.39 is 41.7 Å². The Morgan fingerprint density at radius 3 is 2.00 bits per heavy atom. The molecule has 0 amide bonds. The molecule has 27 heavy (non-hydrogen) atoms. The number of nitrogens with two attached hydrogens (primary N) is 1. The van der Waals surface area contributed by atoms with E-state index >= 15 is 0 Å². The number of hydrogen-bond acceptors (Lipinski definition) is 3. The first-order valence-electron chi connectivity index (χ1n) is 7.26. The van der Waals surface area contributed by atoms with Crippen LogP contribution in [-0.4, -0.2) is 39.1 Å². The summed E-state index contributed by atoms with van der Waals surface area (Å²) >= 11 is 0. The van der Waals surface area contributed by atoms with Crippen LogP contribution in [0.1, 0.15) is 17.4 Å². The number of aliphatic hydroxyl groups is 1. The highest BCUT2D eigenvalue weighted by atomic mass is 19.4. The van der Waals surface area contributed by atoms with Gasteiger partial charge in [0.05, 0.1) is 11.3 Å². The normalized spacial score (nSPS) is 14.6. The van der Waals surface area contributed by atoms with Gasteiger partial charge in [-0.3, -0.25) is 0 Å². The molecule has 12 heteroatoms. The Bertz CT molecular complexity index is 807. The number of nitrogens with zero attached hydrogens (tertiary/aromatic N) is 2. The Hall–Kier alpha value is -2.37. The first-order valence-corrected chi connectivity index (χ1v) is 7.26. The second-order valence-corrected chi connectivity index (χ2v) is 5.66. The molecule has 0 saturated carbocycles. The molecule has 3 N–H and O–H groups in total. The third kappa shape index (κ3) is 3.11. The van der Waals surface area contributed by atoms with Gasteiger partial charge in [-0.15, -0.1) is 0 Å². The lowest BCUT2D eigenvalue weighted by Crippen LogP contribution is -2.59. The molecule has 150 valence electrons. The first-order chi connectivity index (χ1) is 12.3. The highest BCUT2D eigenvalue weighted by molar-refractivity contribution is 5.49. The Morgan fingerprint density at radius 1 is 1.00 bits per heavy atom. The van der Waals surface area contributed by atoms with Gasteiger partial charge in [0.1, 0.15) is 0 Å². The van der Waals surface area contributed by atoms with Gasteiger partial charge >= 0.3 is 24.2 Å². The molecule has 0 aliphatic carbocycles. The molecule has 2 aromatic rings. The second-order valence-electron chi connectivity index (χ2n) is 5.66. The van der Waals surface area contributed by atoms with E-state index in [2.05, 4.69) is 5.10 Å². The predicted octanol–water partition coefficient (Wildman–Crippen LogP) is 3.97. The molecule has 1 aromatic heterocycles. The third-order valence-corrected chi connectivity index (χ3v) is 3.92. The Morgan fingerprint density at radius 2 is 1.52 bits per heavy atom. The fraction of sp³-hybridized carbons (Fsp3) is 0.400. The van der Waals surface area contributed by atoms with Crippen LogP contribution in [0.4, 0.5) is 40.9 Å². The topological polar surface area (TPSA) is 64.1 Å². The standard InChI is InChI=1S/C15H13F8N3O/c1-7-9(11(24)25-26(7)8-5-3-2-4-6-8)10(27)13(18,19)15(22,23)14(20,21)12(16)17/h2-6,10,12,27H,1H3,(H2,24,25). The lowest BCUT2D eigenvalue weighted by atomic mass is 9.94. The summed E-state index contributed by atoms with van der Waals surface area (Å²) in [6, 6.07) is 7.52. The maximum atomic E-state index is 14.0.